The lowest BCUT2D eigenvalue weighted by molar-refractivity contribution is 0.171. The fourth-order valence-corrected chi connectivity index (χ4v) is 3.69. The number of sulfonamides is 1. The van der Waals surface area contributed by atoms with Gasteiger partial charge in [0.25, 0.3) is 0 Å². The van der Waals surface area contributed by atoms with Gasteiger partial charge in [0.15, 0.2) is 23.1 Å². The highest BCUT2D eigenvalue weighted by molar-refractivity contribution is 7.89. The van der Waals surface area contributed by atoms with Gasteiger partial charge in [-0.25, -0.2) is 12.8 Å². The number of ether oxygens (including phenoxy) is 3. The molecule has 25 heavy (non-hydrogen) atoms. The highest BCUT2D eigenvalue weighted by Gasteiger charge is 2.24. The molecule has 0 atom stereocenters. The van der Waals surface area contributed by atoms with E-state index in [4.69, 9.17) is 14.2 Å². The molecule has 0 aliphatic carbocycles. The van der Waals surface area contributed by atoms with Gasteiger partial charge in [0.1, 0.15) is 13.2 Å². The second-order valence-corrected chi connectivity index (χ2v) is 7.58. The number of fused-ring (bicyclic) bond motifs is 1. The van der Waals surface area contributed by atoms with Crippen molar-refractivity contribution >= 4 is 10.0 Å². The monoisotopic (exact) mass is 367 g/mol. The highest BCUT2D eigenvalue weighted by atomic mass is 32.2. The normalized spacial score (nSPS) is 13.8. The summed E-state index contributed by atoms with van der Waals surface area (Å²) in [7, 11) is -0.945. The Kier molecular flexibility index (Phi) is 4.82. The van der Waals surface area contributed by atoms with Crippen molar-refractivity contribution in [2.75, 3.05) is 27.4 Å². The molecule has 3 rings (SSSR count). The van der Waals surface area contributed by atoms with Crippen LogP contribution in [-0.2, 0) is 16.6 Å². The van der Waals surface area contributed by atoms with E-state index in [1.54, 1.807) is 12.1 Å². The van der Waals surface area contributed by atoms with Crippen molar-refractivity contribution in [2.45, 2.75) is 11.4 Å². The third-order valence-corrected chi connectivity index (χ3v) is 5.64. The zero-order chi connectivity index (χ0) is 18.0. The lowest BCUT2D eigenvalue weighted by Crippen LogP contribution is -2.27. The Hall–Kier alpha value is -2.32. The molecule has 0 fully saturated rings. The van der Waals surface area contributed by atoms with Crippen molar-refractivity contribution in [3.05, 3.63) is 47.8 Å². The summed E-state index contributed by atoms with van der Waals surface area (Å²) in [6.45, 7) is 0.831. The molecule has 0 saturated heterocycles. The summed E-state index contributed by atoms with van der Waals surface area (Å²) in [6, 6.07) is 8.83. The number of hydrogen-bond acceptors (Lipinski definition) is 5. The Morgan fingerprint density at radius 2 is 1.84 bits per heavy atom. The van der Waals surface area contributed by atoms with Gasteiger partial charge in [0.2, 0.25) is 10.0 Å². The largest absolute Gasteiger partial charge is 0.494 e. The quantitative estimate of drug-likeness (QED) is 0.812. The van der Waals surface area contributed by atoms with Crippen LogP contribution in [0, 0.1) is 5.82 Å². The molecule has 6 nitrogen and oxygen atoms in total. The first-order chi connectivity index (χ1) is 11.9. The molecule has 0 spiro atoms. The molecular weight excluding hydrogens is 349 g/mol. The molecule has 0 N–H and O–H groups in total. The van der Waals surface area contributed by atoms with Crippen molar-refractivity contribution in [1.29, 1.82) is 0 Å². The van der Waals surface area contributed by atoms with Crippen LogP contribution in [-0.4, -0.2) is 40.1 Å². The van der Waals surface area contributed by atoms with Crippen LogP contribution in [0.25, 0.3) is 0 Å². The van der Waals surface area contributed by atoms with Gasteiger partial charge in [-0.15, -0.1) is 0 Å². The third kappa shape index (κ3) is 3.54. The molecule has 0 radical (unpaired) electrons. The summed E-state index contributed by atoms with van der Waals surface area (Å²) in [5.41, 5.74) is 0.516. The van der Waals surface area contributed by atoms with E-state index in [9.17, 15) is 12.8 Å². The number of rotatable bonds is 5. The van der Waals surface area contributed by atoms with Crippen molar-refractivity contribution in [3.63, 3.8) is 0 Å². The highest BCUT2D eigenvalue weighted by Crippen LogP contribution is 2.33. The third-order valence-electron chi connectivity index (χ3n) is 3.84. The fraction of sp³-hybridized carbons (Fsp3) is 0.294. The minimum atomic E-state index is -3.76. The van der Waals surface area contributed by atoms with E-state index in [2.05, 4.69) is 0 Å². The molecule has 0 amide bonds. The fourth-order valence-electron chi connectivity index (χ4n) is 2.51. The summed E-state index contributed by atoms with van der Waals surface area (Å²) in [6.07, 6.45) is 0. The molecule has 2 aromatic carbocycles. The Balaban J connectivity index is 1.83. The molecular formula is C17H18FNO5S. The lowest BCUT2D eigenvalue weighted by Gasteiger charge is -2.21. The smallest absolute Gasteiger partial charge is 0.243 e. The molecule has 0 unspecified atom stereocenters. The predicted octanol–water partition coefficient (Wildman–Crippen LogP) is 2.43. The summed E-state index contributed by atoms with van der Waals surface area (Å²) in [4.78, 5) is 0.0910. The average Bonchev–Trinajstić information content (AvgIpc) is 2.61. The van der Waals surface area contributed by atoms with Gasteiger partial charge in [0.05, 0.1) is 12.0 Å². The first kappa shape index (κ1) is 17.5. The summed E-state index contributed by atoms with van der Waals surface area (Å²) in [5.74, 6) is 0.493. The number of benzene rings is 2. The molecule has 2 aromatic rings. The van der Waals surface area contributed by atoms with E-state index < -0.39 is 15.8 Å². The maximum absolute atomic E-state index is 13.8. The summed E-state index contributed by atoms with van der Waals surface area (Å²) >= 11 is 0. The van der Waals surface area contributed by atoms with Crippen LogP contribution in [0.1, 0.15) is 5.56 Å². The topological polar surface area (TPSA) is 65.1 Å². The predicted molar refractivity (Wildman–Crippen MR) is 89.0 cm³/mol. The van der Waals surface area contributed by atoms with Crippen LogP contribution in [0.4, 0.5) is 4.39 Å². The first-order valence-corrected chi connectivity index (χ1v) is 9.04. The maximum Gasteiger partial charge on any atom is 0.243 e. The summed E-state index contributed by atoms with van der Waals surface area (Å²) in [5, 5.41) is 0. The Morgan fingerprint density at radius 1 is 1.12 bits per heavy atom. The second-order valence-electron chi connectivity index (χ2n) is 5.54. The van der Waals surface area contributed by atoms with Crippen molar-refractivity contribution < 1.29 is 27.0 Å². The second kappa shape index (κ2) is 6.89. The van der Waals surface area contributed by atoms with Crippen molar-refractivity contribution in [2.24, 2.45) is 0 Å². The average molecular weight is 367 g/mol. The lowest BCUT2D eigenvalue weighted by atomic mass is 10.2. The maximum atomic E-state index is 13.8. The van der Waals surface area contributed by atoms with Gasteiger partial charge in [-0.3, -0.25) is 0 Å². The Morgan fingerprint density at radius 3 is 2.52 bits per heavy atom. The SMILES string of the molecule is COc1ccc(CN(C)S(=O)(=O)c2ccc3c(c2)OCCO3)cc1F. The van der Waals surface area contributed by atoms with E-state index in [1.807, 2.05) is 0 Å². The zero-order valence-electron chi connectivity index (χ0n) is 13.9. The van der Waals surface area contributed by atoms with Crippen LogP contribution in [0.2, 0.25) is 0 Å². The van der Waals surface area contributed by atoms with E-state index in [1.165, 1.54) is 38.4 Å². The molecule has 134 valence electrons. The zero-order valence-corrected chi connectivity index (χ0v) is 14.7. The van der Waals surface area contributed by atoms with Crippen LogP contribution in [0.3, 0.4) is 0 Å². The van der Waals surface area contributed by atoms with Crippen LogP contribution < -0.4 is 14.2 Å². The molecule has 0 saturated carbocycles. The van der Waals surface area contributed by atoms with Crippen molar-refractivity contribution in [3.8, 4) is 17.2 Å². The van der Waals surface area contributed by atoms with Gasteiger partial charge in [-0.05, 0) is 29.8 Å². The van der Waals surface area contributed by atoms with E-state index in [0.29, 0.717) is 30.3 Å². The number of nitrogens with zero attached hydrogens (tertiary/aromatic N) is 1. The molecule has 1 heterocycles. The van der Waals surface area contributed by atoms with Gasteiger partial charge < -0.3 is 14.2 Å². The van der Waals surface area contributed by atoms with Crippen LogP contribution >= 0.6 is 0 Å². The molecule has 1 aliphatic rings. The van der Waals surface area contributed by atoms with Gasteiger partial charge in [-0.2, -0.15) is 4.31 Å². The number of halogens is 1. The van der Waals surface area contributed by atoms with Crippen molar-refractivity contribution in [1.82, 2.24) is 4.31 Å². The van der Waals surface area contributed by atoms with Gasteiger partial charge in [0, 0.05) is 19.7 Å². The van der Waals surface area contributed by atoms with E-state index >= 15 is 0 Å². The van der Waals surface area contributed by atoms with Crippen LogP contribution in [0.5, 0.6) is 17.2 Å². The minimum absolute atomic E-state index is 0.0255. The summed E-state index contributed by atoms with van der Waals surface area (Å²) < 4.78 is 56.1. The molecule has 0 aromatic heterocycles. The van der Waals surface area contributed by atoms with Gasteiger partial charge in [-0.1, -0.05) is 6.07 Å². The molecule has 8 heteroatoms. The standard InChI is InChI=1S/C17H18FNO5S/c1-19(11-12-3-5-15(22-2)14(18)9-12)25(20,21)13-4-6-16-17(10-13)24-8-7-23-16/h3-6,9-10H,7-8,11H2,1-2H3. The van der Waals surface area contributed by atoms with E-state index in [0.717, 1.165) is 4.31 Å². The Labute approximate surface area is 145 Å². The minimum Gasteiger partial charge on any atom is -0.494 e. The number of hydrogen-bond donors (Lipinski definition) is 0. The molecule has 1 aliphatic heterocycles. The van der Waals surface area contributed by atoms with Gasteiger partial charge >= 0.3 is 0 Å². The first-order valence-electron chi connectivity index (χ1n) is 7.60. The van der Waals surface area contributed by atoms with E-state index in [-0.39, 0.29) is 17.2 Å². The van der Waals surface area contributed by atoms with Crippen LogP contribution in [0.15, 0.2) is 41.3 Å². The molecule has 0 bridgehead atoms. The Bertz CT molecular complexity index is 885. The number of methoxy groups -OCH3 is 1.